The molecule has 0 saturated carbocycles. The number of rotatable bonds is 4. The second-order valence-electron chi connectivity index (χ2n) is 8.95. The zero-order valence-corrected chi connectivity index (χ0v) is 18.5. The molecule has 0 saturated heterocycles. The molecule has 1 aromatic rings. The van der Waals surface area contributed by atoms with Gasteiger partial charge in [-0.1, -0.05) is 0 Å². The van der Waals surface area contributed by atoms with Crippen molar-refractivity contribution in [3.05, 3.63) is 23.3 Å². The standard InChI is InChI=1S/C23H36N2O4/c1-23(2,3)29-22(26)25-10-6-5-8-18-17-21-20(16-19(18)9-12-25)24(13-15-28-21)11-7-14-27-4/h16-17H,5-15H2,1-4H3. The first-order chi connectivity index (χ1) is 13.9. The van der Waals surface area contributed by atoms with Gasteiger partial charge in [-0.15, -0.1) is 0 Å². The summed E-state index contributed by atoms with van der Waals surface area (Å²) in [5.74, 6) is 0.996. The van der Waals surface area contributed by atoms with Gasteiger partial charge in [0.15, 0.2) is 0 Å². The average Bonchev–Trinajstić information content (AvgIpc) is 2.75. The number of carbonyl (C=O) groups excluding carboxylic acids is 1. The smallest absolute Gasteiger partial charge is 0.410 e. The van der Waals surface area contributed by atoms with Crippen LogP contribution in [0.2, 0.25) is 0 Å². The lowest BCUT2D eigenvalue weighted by Gasteiger charge is -2.32. The van der Waals surface area contributed by atoms with Crippen LogP contribution in [0.15, 0.2) is 12.1 Å². The maximum atomic E-state index is 12.6. The molecular formula is C23H36N2O4. The zero-order chi connectivity index (χ0) is 20.9. The molecule has 2 aliphatic heterocycles. The minimum Gasteiger partial charge on any atom is -0.490 e. The molecule has 6 heteroatoms. The van der Waals surface area contributed by atoms with Crippen molar-refractivity contribution in [3.63, 3.8) is 0 Å². The largest absolute Gasteiger partial charge is 0.490 e. The summed E-state index contributed by atoms with van der Waals surface area (Å²) < 4.78 is 16.8. The van der Waals surface area contributed by atoms with Gasteiger partial charge in [-0.05, 0) is 76.1 Å². The van der Waals surface area contributed by atoms with Gasteiger partial charge < -0.3 is 24.0 Å². The molecule has 2 heterocycles. The summed E-state index contributed by atoms with van der Waals surface area (Å²) in [4.78, 5) is 16.9. The number of carbonyl (C=O) groups is 1. The van der Waals surface area contributed by atoms with Crippen molar-refractivity contribution in [2.24, 2.45) is 0 Å². The molecule has 0 atom stereocenters. The number of aryl methyl sites for hydroxylation is 1. The van der Waals surface area contributed by atoms with Gasteiger partial charge in [0.25, 0.3) is 0 Å². The Morgan fingerprint density at radius 3 is 2.66 bits per heavy atom. The molecule has 162 valence electrons. The normalized spacial score (nSPS) is 17.4. The summed E-state index contributed by atoms with van der Waals surface area (Å²) in [6, 6.07) is 4.52. The maximum Gasteiger partial charge on any atom is 0.410 e. The van der Waals surface area contributed by atoms with E-state index in [1.54, 1.807) is 7.11 Å². The van der Waals surface area contributed by atoms with E-state index in [1.165, 1.54) is 16.8 Å². The highest BCUT2D eigenvalue weighted by Crippen LogP contribution is 2.36. The third kappa shape index (κ3) is 6.01. The number of nitrogens with zero attached hydrogens (tertiary/aromatic N) is 2. The lowest BCUT2D eigenvalue weighted by Crippen LogP contribution is -2.38. The molecule has 0 unspecified atom stereocenters. The number of hydrogen-bond acceptors (Lipinski definition) is 5. The van der Waals surface area contributed by atoms with Crippen LogP contribution in [0, 0.1) is 0 Å². The number of methoxy groups -OCH3 is 1. The van der Waals surface area contributed by atoms with Gasteiger partial charge >= 0.3 is 6.09 Å². The van der Waals surface area contributed by atoms with Crippen molar-refractivity contribution in [3.8, 4) is 5.75 Å². The third-order valence-corrected chi connectivity index (χ3v) is 5.44. The Kier molecular flexibility index (Phi) is 7.28. The van der Waals surface area contributed by atoms with E-state index in [4.69, 9.17) is 14.2 Å². The average molecular weight is 405 g/mol. The predicted octanol–water partition coefficient (Wildman–Crippen LogP) is 4.04. The SMILES string of the molecule is COCCCN1CCOc2cc3c(cc21)CCN(C(=O)OC(C)(C)C)CCCC3. The van der Waals surface area contributed by atoms with Gasteiger partial charge in [-0.25, -0.2) is 4.79 Å². The summed E-state index contributed by atoms with van der Waals surface area (Å²) >= 11 is 0. The molecule has 1 amide bonds. The maximum absolute atomic E-state index is 12.6. The number of ether oxygens (including phenoxy) is 3. The second-order valence-corrected chi connectivity index (χ2v) is 8.95. The molecule has 3 rings (SSSR count). The fourth-order valence-electron chi connectivity index (χ4n) is 3.99. The van der Waals surface area contributed by atoms with Gasteiger partial charge in [0.05, 0.1) is 12.2 Å². The van der Waals surface area contributed by atoms with E-state index in [9.17, 15) is 4.79 Å². The molecular weight excluding hydrogens is 368 g/mol. The minimum atomic E-state index is -0.466. The van der Waals surface area contributed by atoms with E-state index in [0.29, 0.717) is 6.54 Å². The van der Waals surface area contributed by atoms with Crippen LogP contribution in [0.4, 0.5) is 10.5 Å². The van der Waals surface area contributed by atoms with Gasteiger partial charge in [-0.3, -0.25) is 0 Å². The van der Waals surface area contributed by atoms with Gasteiger partial charge in [0.2, 0.25) is 0 Å². The fraction of sp³-hybridized carbons (Fsp3) is 0.696. The van der Waals surface area contributed by atoms with E-state index in [-0.39, 0.29) is 6.09 Å². The zero-order valence-electron chi connectivity index (χ0n) is 18.5. The van der Waals surface area contributed by atoms with Crippen molar-refractivity contribution in [1.82, 2.24) is 4.90 Å². The quantitative estimate of drug-likeness (QED) is 0.709. The number of anilines is 1. The molecule has 6 nitrogen and oxygen atoms in total. The molecule has 2 aliphatic rings. The van der Waals surface area contributed by atoms with E-state index in [2.05, 4.69) is 17.0 Å². The number of amides is 1. The third-order valence-electron chi connectivity index (χ3n) is 5.44. The summed E-state index contributed by atoms with van der Waals surface area (Å²) in [6.45, 7) is 10.6. The lowest BCUT2D eigenvalue weighted by atomic mass is 9.98. The number of fused-ring (bicyclic) bond motifs is 2. The molecule has 0 bridgehead atoms. The number of hydrogen-bond donors (Lipinski definition) is 0. The summed E-state index contributed by atoms with van der Waals surface area (Å²) in [6.07, 6.45) is 4.70. The second kappa shape index (κ2) is 9.70. The Balaban J connectivity index is 1.77. The fourth-order valence-corrected chi connectivity index (χ4v) is 3.99. The molecule has 0 N–H and O–H groups in total. The highest BCUT2D eigenvalue weighted by Gasteiger charge is 2.25. The first-order valence-electron chi connectivity index (χ1n) is 10.9. The molecule has 0 spiro atoms. The van der Waals surface area contributed by atoms with Crippen molar-refractivity contribution in [2.45, 2.75) is 58.5 Å². The van der Waals surface area contributed by atoms with Crippen LogP contribution in [0.3, 0.4) is 0 Å². The predicted molar refractivity (Wildman–Crippen MR) is 115 cm³/mol. The molecule has 0 aromatic heterocycles. The van der Waals surface area contributed by atoms with Crippen LogP contribution >= 0.6 is 0 Å². The van der Waals surface area contributed by atoms with Gasteiger partial charge in [0, 0.05) is 33.4 Å². The number of benzene rings is 1. The van der Waals surface area contributed by atoms with E-state index in [0.717, 1.165) is 70.7 Å². The van der Waals surface area contributed by atoms with Crippen LogP contribution in [0.1, 0.15) is 51.2 Å². The Morgan fingerprint density at radius 2 is 1.90 bits per heavy atom. The summed E-state index contributed by atoms with van der Waals surface area (Å²) in [5, 5.41) is 0. The Bertz CT molecular complexity index is 699. The molecule has 0 aliphatic carbocycles. The summed E-state index contributed by atoms with van der Waals surface area (Å²) in [7, 11) is 1.75. The van der Waals surface area contributed by atoms with Crippen molar-refractivity contribution in [2.75, 3.05) is 51.4 Å². The van der Waals surface area contributed by atoms with Crippen molar-refractivity contribution >= 4 is 11.8 Å². The first kappa shape index (κ1) is 21.8. The Hall–Kier alpha value is -1.95. The van der Waals surface area contributed by atoms with E-state index < -0.39 is 5.60 Å². The van der Waals surface area contributed by atoms with Crippen molar-refractivity contribution in [1.29, 1.82) is 0 Å². The van der Waals surface area contributed by atoms with E-state index >= 15 is 0 Å². The molecule has 0 radical (unpaired) electrons. The van der Waals surface area contributed by atoms with Crippen LogP contribution in [0.5, 0.6) is 5.75 Å². The van der Waals surface area contributed by atoms with Crippen LogP contribution in [-0.4, -0.2) is 63.1 Å². The van der Waals surface area contributed by atoms with Crippen LogP contribution < -0.4 is 9.64 Å². The topological polar surface area (TPSA) is 51.2 Å². The molecule has 0 fully saturated rings. The Labute approximate surface area is 175 Å². The Morgan fingerprint density at radius 1 is 1.10 bits per heavy atom. The van der Waals surface area contributed by atoms with Crippen molar-refractivity contribution < 1.29 is 19.0 Å². The highest BCUT2D eigenvalue weighted by atomic mass is 16.6. The monoisotopic (exact) mass is 404 g/mol. The summed E-state index contributed by atoms with van der Waals surface area (Å²) in [5.41, 5.74) is 3.39. The van der Waals surface area contributed by atoms with Gasteiger partial charge in [-0.2, -0.15) is 0 Å². The van der Waals surface area contributed by atoms with Crippen LogP contribution in [-0.2, 0) is 22.3 Å². The molecule has 1 aromatic carbocycles. The van der Waals surface area contributed by atoms with E-state index in [1.807, 2.05) is 25.7 Å². The minimum absolute atomic E-state index is 0.205. The first-order valence-corrected chi connectivity index (χ1v) is 10.9. The van der Waals surface area contributed by atoms with Crippen LogP contribution in [0.25, 0.3) is 0 Å². The lowest BCUT2D eigenvalue weighted by molar-refractivity contribution is 0.0250. The highest BCUT2D eigenvalue weighted by molar-refractivity contribution is 5.68. The van der Waals surface area contributed by atoms with Gasteiger partial charge in [0.1, 0.15) is 18.0 Å². The molecule has 29 heavy (non-hydrogen) atoms.